The lowest BCUT2D eigenvalue weighted by Gasteiger charge is -2.10. The van der Waals surface area contributed by atoms with Gasteiger partial charge in [-0.25, -0.2) is 0 Å². The molecule has 0 aliphatic rings. The molecule has 0 fully saturated rings. The second-order valence-electron chi connectivity index (χ2n) is 6.65. The van der Waals surface area contributed by atoms with Crippen LogP contribution in [0.5, 0.6) is 5.75 Å². The number of benzene rings is 2. The molecule has 3 aromatic rings. The van der Waals surface area contributed by atoms with Gasteiger partial charge in [0.05, 0.1) is 10.8 Å². The van der Waals surface area contributed by atoms with Crippen molar-refractivity contribution in [3.8, 4) is 5.75 Å². The molecule has 0 unspecified atom stereocenters. The van der Waals surface area contributed by atoms with Crippen LogP contribution in [0.15, 0.2) is 60.3 Å². The Kier molecular flexibility index (Phi) is 7.54. The normalized spacial score (nSPS) is 10.6. The minimum atomic E-state index is -0.106. The fourth-order valence-electron chi connectivity index (χ4n) is 2.70. The number of nitrogens with one attached hydrogen (secondary N) is 1. The van der Waals surface area contributed by atoms with Crippen LogP contribution in [0, 0.1) is 13.8 Å². The van der Waals surface area contributed by atoms with Crippen molar-refractivity contribution in [1.82, 2.24) is 14.8 Å². The number of amides is 1. The summed E-state index contributed by atoms with van der Waals surface area (Å²) in [5.74, 6) is 1.32. The number of hydrogen-bond acceptors (Lipinski definition) is 5. The van der Waals surface area contributed by atoms with Crippen LogP contribution in [0.25, 0.3) is 0 Å². The third-order valence-electron chi connectivity index (χ3n) is 4.42. The molecule has 1 amide bonds. The van der Waals surface area contributed by atoms with E-state index in [9.17, 15) is 4.79 Å². The molecule has 0 bridgehead atoms. The highest BCUT2D eigenvalue weighted by atomic mass is 35.5. The maximum absolute atomic E-state index is 12.4. The molecule has 1 heterocycles. The fourth-order valence-corrected chi connectivity index (χ4v) is 3.65. The lowest BCUT2D eigenvalue weighted by atomic mass is 10.1. The van der Waals surface area contributed by atoms with Crippen molar-refractivity contribution in [2.75, 3.05) is 11.1 Å². The molecule has 0 saturated carbocycles. The number of rotatable bonds is 9. The minimum Gasteiger partial charge on any atom is -0.484 e. The zero-order valence-electron chi connectivity index (χ0n) is 16.9. The molecule has 8 heteroatoms. The Morgan fingerprint density at radius 2 is 2.03 bits per heavy atom. The van der Waals surface area contributed by atoms with Crippen molar-refractivity contribution in [3.05, 3.63) is 77.1 Å². The van der Waals surface area contributed by atoms with E-state index in [4.69, 9.17) is 16.3 Å². The number of thioether (sulfide) groups is 1. The summed E-state index contributed by atoms with van der Waals surface area (Å²) in [6, 6.07) is 13.1. The molecule has 0 spiro atoms. The predicted molar refractivity (Wildman–Crippen MR) is 121 cm³/mol. The summed E-state index contributed by atoms with van der Waals surface area (Å²) in [5.41, 5.74) is 3.10. The van der Waals surface area contributed by atoms with E-state index in [1.165, 1.54) is 17.3 Å². The van der Waals surface area contributed by atoms with E-state index in [2.05, 4.69) is 22.1 Å². The molecule has 0 radical (unpaired) electrons. The quantitative estimate of drug-likeness (QED) is 0.371. The number of carbonyl (C=O) groups is 1. The number of carbonyl (C=O) groups excluding carboxylic acids is 1. The average Bonchev–Trinajstić information content (AvgIpc) is 3.10. The van der Waals surface area contributed by atoms with Gasteiger partial charge in [0, 0.05) is 12.2 Å². The molecule has 156 valence electrons. The molecular formula is C22H23ClN4O2S. The Labute approximate surface area is 185 Å². The third kappa shape index (κ3) is 5.64. The highest BCUT2D eigenvalue weighted by molar-refractivity contribution is 7.99. The molecule has 30 heavy (non-hydrogen) atoms. The van der Waals surface area contributed by atoms with E-state index in [0.717, 1.165) is 11.3 Å². The smallest absolute Gasteiger partial charge is 0.234 e. The number of nitrogens with zero attached hydrogens (tertiary/aromatic N) is 3. The number of allylic oxidation sites excluding steroid dienone is 1. The summed E-state index contributed by atoms with van der Waals surface area (Å²) in [7, 11) is 0. The van der Waals surface area contributed by atoms with Crippen molar-refractivity contribution in [2.45, 2.75) is 32.2 Å². The van der Waals surface area contributed by atoms with Crippen LogP contribution in [-0.4, -0.2) is 26.4 Å². The van der Waals surface area contributed by atoms with Crippen LogP contribution < -0.4 is 10.1 Å². The van der Waals surface area contributed by atoms with Gasteiger partial charge < -0.3 is 10.1 Å². The van der Waals surface area contributed by atoms with Crippen LogP contribution in [-0.2, 0) is 17.9 Å². The van der Waals surface area contributed by atoms with E-state index in [1.807, 2.05) is 48.7 Å². The lowest BCUT2D eigenvalue weighted by Crippen LogP contribution is -2.15. The molecule has 0 saturated heterocycles. The highest BCUT2D eigenvalue weighted by Gasteiger charge is 2.15. The zero-order chi connectivity index (χ0) is 21.5. The molecule has 1 N–H and O–H groups in total. The van der Waals surface area contributed by atoms with Crippen LogP contribution in [0.2, 0.25) is 5.02 Å². The summed E-state index contributed by atoms with van der Waals surface area (Å²) in [6.45, 7) is 8.56. The number of anilines is 1. The first kappa shape index (κ1) is 21.9. The Morgan fingerprint density at radius 3 is 2.77 bits per heavy atom. The summed E-state index contributed by atoms with van der Waals surface area (Å²) in [5, 5.41) is 12.5. The van der Waals surface area contributed by atoms with Crippen molar-refractivity contribution in [1.29, 1.82) is 0 Å². The number of hydrogen-bond donors (Lipinski definition) is 1. The van der Waals surface area contributed by atoms with Gasteiger partial charge in [-0.2, -0.15) is 0 Å². The van der Waals surface area contributed by atoms with Gasteiger partial charge in [-0.1, -0.05) is 47.6 Å². The van der Waals surface area contributed by atoms with Crippen LogP contribution in [0.3, 0.4) is 0 Å². The van der Waals surface area contributed by atoms with Crippen LogP contribution in [0.4, 0.5) is 5.69 Å². The third-order valence-corrected chi connectivity index (χ3v) is 5.70. The first-order valence-corrected chi connectivity index (χ1v) is 10.7. The van der Waals surface area contributed by atoms with Gasteiger partial charge in [0.2, 0.25) is 5.91 Å². The molecule has 0 atom stereocenters. The maximum Gasteiger partial charge on any atom is 0.234 e. The standard InChI is InChI=1S/C22H23ClN4O2S/c1-4-11-27-20(13-29-19-8-6-5-7-18(19)23)25-26-22(27)30-14-21(28)24-17-10-9-15(2)16(3)12-17/h4-10,12H,1,11,13-14H2,2-3H3,(H,24,28). The Bertz CT molecular complexity index is 1050. The minimum absolute atomic E-state index is 0.106. The van der Waals surface area contributed by atoms with Crippen LogP contribution in [0.1, 0.15) is 17.0 Å². The van der Waals surface area contributed by atoms with E-state index in [1.54, 1.807) is 18.2 Å². The molecule has 0 aliphatic heterocycles. The van der Waals surface area contributed by atoms with Crippen molar-refractivity contribution < 1.29 is 9.53 Å². The summed E-state index contributed by atoms with van der Waals surface area (Å²) < 4.78 is 7.64. The van der Waals surface area contributed by atoms with E-state index < -0.39 is 0 Å². The second kappa shape index (κ2) is 10.3. The molecule has 0 aliphatic carbocycles. The summed E-state index contributed by atoms with van der Waals surface area (Å²) >= 11 is 7.45. The summed E-state index contributed by atoms with van der Waals surface area (Å²) in [6.07, 6.45) is 1.75. The predicted octanol–water partition coefficient (Wildman–Crippen LogP) is 5.04. The molecule has 6 nitrogen and oxygen atoms in total. The highest BCUT2D eigenvalue weighted by Crippen LogP contribution is 2.25. The van der Waals surface area contributed by atoms with Gasteiger partial charge in [-0.05, 0) is 49.2 Å². The first-order chi connectivity index (χ1) is 14.5. The SMILES string of the molecule is C=CCn1c(COc2ccccc2Cl)nnc1SCC(=O)Nc1ccc(C)c(C)c1. The van der Waals surface area contributed by atoms with Crippen molar-refractivity contribution in [2.24, 2.45) is 0 Å². The number of para-hydroxylation sites is 1. The van der Waals surface area contributed by atoms with Gasteiger partial charge in [0.15, 0.2) is 11.0 Å². The van der Waals surface area contributed by atoms with Gasteiger partial charge in [0.25, 0.3) is 0 Å². The largest absolute Gasteiger partial charge is 0.484 e. The topological polar surface area (TPSA) is 69.0 Å². The first-order valence-electron chi connectivity index (χ1n) is 9.38. The number of ether oxygens (including phenoxy) is 1. The Morgan fingerprint density at radius 1 is 1.23 bits per heavy atom. The average molecular weight is 443 g/mol. The van der Waals surface area contributed by atoms with Gasteiger partial charge in [0.1, 0.15) is 12.4 Å². The Hall–Kier alpha value is -2.77. The molecule has 3 rings (SSSR count). The molecule has 1 aromatic heterocycles. The van der Waals surface area contributed by atoms with E-state index in [0.29, 0.717) is 28.3 Å². The molecular weight excluding hydrogens is 420 g/mol. The Balaban J connectivity index is 1.62. The van der Waals surface area contributed by atoms with Gasteiger partial charge >= 0.3 is 0 Å². The molecule has 2 aromatic carbocycles. The second-order valence-corrected chi connectivity index (χ2v) is 8.00. The van der Waals surface area contributed by atoms with Gasteiger partial charge in [-0.15, -0.1) is 16.8 Å². The lowest BCUT2D eigenvalue weighted by molar-refractivity contribution is -0.113. The fraction of sp³-hybridized carbons (Fsp3) is 0.227. The van der Waals surface area contributed by atoms with Crippen molar-refractivity contribution in [3.63, 3.8) is 0 Å². The van der Waals surface area contributed by atoms with E-state index >= 15 is 0 Å². The number of halogens is 1. The van der Waals surface area contributed by atoms with Gasteiger partial charge in [-0.3, -0.25) is 9.36 Å². The van der Waals surface area contributed by atoms with Crippen molar-refractivity contribution >= 4 is 35.0 Å². The summed E-state index contributed by atoms with van der Waals surface area (Å²) in [4.78, 5) is 12.4. The van der Waals surface area contributed by atoms with Crippen LogP contribution >= 0.6 is 23.4 Å². The monoisotopic (exact) mass is 442 g/mol. The van der Waals surface area contributed by atoms with E-state index in [-0.39, 0.29) is 18.3 Å². The zero-order valence-corrected chi connectivity index (χ0v) is 18.5. The maximum atomic E-state index is 12.4. The number of aryl methyl sites for hydroxylation is 2. The number of aromatic nitrogens is 3.